The van der Waals surface area contributed by atoms with Gasteiger partial charge < -0.3 is 10.2 Å². The average Bonchev–Trinajstić information content (AvgIpc) is 2.50. The van der Waals surface area contributed by atoms with Crippen molar-refractivity contribution in [3.63, 3.8) is 0 Å². The molecular formula is C14H18BrN5S. The Bertz CT molecular complexity index is 586. The second-order valence-corrected chi connectivity index (χ2v) is 6.18. The van der Waals surface area contributed by atoms with E-state index in [4.69, 9.17) is 0 Å². The fourth-order valence-electron chi connectivity index (χ4n) is 1.76. The summed E-state index contributed by atoms with van der Waals surface area (Å²) in [5, 5.41) is 3.69. The largest absolute Gasteiger partial charge is 0.357 e. The number of hydrogen-bond donors (Lipinski definition) is 1. The van der Waals surface area contributed by atoms with E-state index >= 15 is 0 Å². The van der Waals surface area contributed by atoms with Crippen LogP contribution in [-0.2, 0) is 0 Å². The Morgan fingerprint density at radius 2 is 1.76 bits per heavy atom. The Morgan fingerprint density at radius 3 is 2.33 bits per heavy atom. The molecule has 0 atom stereocenters. The van der Waals surface area contributed by atoms with Crippen LogP contribution in [0.15, 0.2) is 38.8 Å². The van der Waals surface area contributed by atoms with Gasteiger partial charge in [0, 0.05) is 29.5 Å². The van der Waals surface area contributed by atoms with E-state index in [-0.39, 0.29) is 0 Å². The summed E-state index contributed by atoms with van der Waals surface area (Å²) in [5.41, 5.74) is 0. The zero-order valence-electron chi connectivity index (χ0n) is 12.3. The van der Waals surface area contributed by atoms with Gasteiger partial charge in [-0.25, -0.2) is 0 Å². The second kappa shape index (κ2) is 7.61. The maximum atomic E-state index is 4.56. The van der Waals surface area contributed by atoms with Crippen LogP contribution in [0, 0.1) is 0 Å². The van der Waals surface area contributed by atoms with E-state index in [1.165, 1.54) is 11.8 Å². The van der Waals surface area contributed by atoms with Gasteiger partial charge in [0.25, 0.3) is 0 Å². The van der Waals surface area contributed by atoms with Crippen molar-refractivity contribution in [2.45, 2.75) is 23.9 Å². The molecule has 7 heteroatoms. The van der Waals surface area contributed by atoms with Crippen LogP contribution in [0.5, 0.6) is 0 Å². The smallest absolute Gasteiger partial charge is 0.231 e. The van der Waals surface area contributed by atoms with Crippen molar-refractivity contribution in [1.82, 2.24) is 15.0 Å². The van der Waals surface area contributed by atoms with Gasteiger partial charge in [-0.3, -0.25) is 0 Å². The molecule has 0 unspecified atom stereocenters. The minimum absolute atomic E-state index is 0.589. The van der Waals surface area contributed by atoms with Crippen LogP contribution in [0.2, 0.25) is 0 Å². The van der Waals surface area contributed by atoms with Gasteiger partial charge in [0.1, 0.15) is 0 Å². The third-order valence-electron chi connectivity index (χ3n) is 2.90. The van der Waals surface area contributed by atoms with Crippen LogP contribution < -0.4 is 10.2 Å². The first-order chi connectivity index (χ1) is 10.2. The first kappa shape index (κ1) is 16.0. The number of anilines is 2. The maximum absolute atomic E-state index is 4.56. The van der Waals surface area contributed by atoms with Crippen molar-refractivity contribution in [2.24, 2.45) is 0 Å². The molecule has 0 radical (unpaired) electrons. The minimum atomic E-state index is 0.589. The van der Waals surface area contributed by atoms with E-state index in [1.54, 1.807) is 0 Å². The molecule has 0 fully saturated rings. The van der Waals surface area contributed by atoms with Crippen molar-refractivity contribution >= 4 is 39.6 Å². The predicted octanol–water partition coefficient (Wildman–Crippen LogP) is 3.67. The van der Waals surface area contributed by atoms with Gasteiger partial charge in [-0.15, -0.1) is 0 Å². The van der Waals surface area contributed by atoms with Crippen LogP contribution in [-0.4, -0.2) is 35.1 Å². The minimum Gasteiger partial charge on any atom is -0.357 e. The molecule has 0 aliphatic carbocycles. The quantitative estimate of drug-likeness (QED) is 0.840. The maximum Gasteiger partial charge on any atom is 0.231 e. The molecule has 1 N–H and O–H groups in total. The zero-order valence-corrected chi connectivity index (χ0v) is 14.7. The lowest BCUT2D eigenvalue weighted by Crippen LogP contribution is -2.25. The molecule has 1 aromatic carbocycles. The van der Waals surface area contributed by atoms with Crippen LogP contribution in [0.1, 0.15) is 13.8 Å². The first-order valence-electron chi connectivity index (χ1n) is 6.78. The van der Waals surface area contributed by atoms with Crippen molar-refractivity contribution in [3.8, 4) is 0 Å². The zero-order chi connectivity index (χ0) is 15.2. The molecule has 0 saturated carbocycles. The van der Waals surface area contributed by atoms with E-state index in [0.717, 1.165) is 22.5 Å². The summed E-state index contributed by atoms with van der Waals surface area (Å²) >= 11 is 4.96. The lowest BCUT2D eigenvalue weighted by atomic mass is 10.4. The summed E-state index contributed by atoms with van der Waals surface area (Å²) in [6.45, 7) is 5.92. The summed E-state index contributed by atoms with van der Waals surface area (Å²) in [4.78, 5) is 16.6. The van der Waals surface area contributed by atoms with Crippen LogP contribution in [0.4, 0.5) is 11.9 Å². The van der Waals surface area contributed by atoms with Crippen LogP contribution >= 0.6 is 27.7 Å². The molecule has 0 amide bonds. The fourth-order valence-corrected chi connectivity index (χ4v) is 2.77. The van der Waals surface area contributed by atoms with Crippen molar-refractivity contribution < 1.29 is 0 Å². The molecule has 0 aliphatic heterocycles. The number of benzene rings is 1. The summed E-state index contributed by atoms with van der Waals surface area (Å²) in [7, 11) is 1.81. The molecule has 1 heterocycles. The summed E-state index contributed by atoms with van der Waals surface area (Å²) in [6, 6.07) is 8.09. The van der Waals surface area contributed by atoms with E-state index in [9.17, 15) is 0 Å². The first-order valence-corrected chi connectivity index (χ1v) is 8.39. The Kier molecular flexibility index (Phi) is 5.81. The number of nitrogens with one attached hydrogen (secondary N) is 1. The highest BCUT2D eigenvalue weighted by Crippen LogP contribution is 2.27. The van der Waals surface area contributed by atoms with Crippen molar-refractivity contribution in [2.75, 3.05) is 30.4 Å². The van der Waals surface area contributed by atoms with Crippen molar-refractivity contribution in [1.29, 1.82) is 0 Å². The number of hydrogen-bond acceptors (Lipinski definition) is 6. The molecule has 5 nitrogen and oxygen atoms in total. The van der Waals surface area contributed by atoms with E-state index in [1.807, 2.05) is 31.3 Å². The third kappa shape index (κ3) is 4.31. The van der Waals surface area contributed by atoms with Crippen molar-refractivity contribution in [3.05, 3.63) is 28.7 Å². The van der Waals surface area contributed by atoms with Gasteiger partial charge >= 0.3 is 0 Å². The number of halogens is 1. The standard InChI is InChI=1S/C14H18BrN5S/c1-4-20(5-2)13-17-12(16-3)18-14(19-13)21-11-8-6-10(15)7-9-11/h6-9H,4-5H2,1-3H3,(H,16,17,18,19). The third-order valence-corrected chi connectivity index (χ3v) is 4.30. The highest BCUT2D eigenvalue weighted by atomic mass is 79.9. The lowest BCUT2D eigenvalue weighted by molar-refractivity contribution is 0.785. The molecule has 2 aromatic rings. The van der Waals surface area contributed by atoms with Gasteiger partial charge in [-0.1, -0.05) is 15.9 Å². The summed E-state index contributed by atoms with van der Waals surface area (Å²) < 4.78 is 1.06. The number of rotatable bonds is 6. The normalized spacial score (nSPS) is 10.5. The van der Waals surface area contributed by atoms with Crippen LogP contribution in [0.25, 0.3) is 0 Å². The Morgan fingerprint density at radius 1 is 1.10 bits per heavy atom. The Balaban J connectivity index is 2.29. The average molecular weight is 368 g/mol. The number of nitrogens with zero attached hydrogens (tertiary/aromatic N) is 4. The van der Waals surface area contributed by atoms with Gasteiger partial charge in [-0.05, 0) is 49.9 Å². The molecule has 21 heavy (non-hydrogen) atoms. The lowest BCUT2D eigenvalue weighted by Gasteiger charge is -2.19. The topological polar surface area (TPSA) is 53.9 Å². The highest BCUT2D eigenvalue weighted by molar-refractivity contribution is 9.10. The molecular weight excluding hydrogens is 350 g/mol. The summed E-state index contributed by atoms with van der Waals surface area (Å²) in [6.07, 6.45) is 0. The predicted molar refractivity (Wildman–Crippen MR) is 91.2 cm³/mol. The molecule has 0 saturated heterocycles. The van der Waals surface area contributed by atoms with Gasteiger partial charge in [-0.2, -0.15) is 15.0 Å². The molecule has 0 aliphatic rings. The second-order valence-electron chi connectivity index (χ2n) is 4.22. The molecule has 0 bridgehead atoms. The fraction of sp³-hybridized carbons (Fsp3) is 0.357. The van der Waals surface area contributed by atoms with Gasteiger partial charge in [0.15, 0.2) is 5.16 Å². The van der Waals surface area contributed by atoms with Gasteiger partial charge in [0.05, 0.1) is 0 Å². The van der Waals surface area contributed by atoms with Gasteiger partial charge in [0.2, 0.25) is 11.9 Å². The molecule has 1 aromatic heterocycles. The highest BCUT2D eigenvalue weighted by Gasteiger charge is 2.11. The monoisotopic (exact) mass is 367 g/mol. The Labute approximate surface area is 137 Å². The molecule has 2 rings (SSSR count). The van der Waals surface area contributed by atoms with E-state index in [2.05, 4.69) is 54.9 Å². The SMILES string of the molecule is CCN(CC)c1nc(NC)nc(Sc2ccc(Br)cc2)n1. The Hall–Kier alpha value is -1.34. The molecule has 0 spiro atoms. The van der Waals surface area contributed by atoms with E-state index < -0.39 is 0 Å². The number of aromatic nitrogens is 3. The van der Waals surface area contributed by atoms with Crippen LogP contribution in [0.3, 0.4) is 0 Å². The van der Waals surface area contributed by atoms with E-state index in [0.29, 0.717) is 17.1 Å². The molecule has 112 valence electrons. The summed E-state index contributed by atoms with van der Waals surface area (Å²) in [5.74, 6) is 1.30.